The molecule has 0 saturated heterocycles. The predicted molar refractivity (Wildman–Crippen MR) is 261 cm³/mol. The second-order valence-corrected chi connectivity index (χ2v) is 16.3. The van der Waals surface area contributed by atoms with E-state index >= 15 is 0 Å². The van der Waals surface area contributed by atoms with Gasteiger partial charge in [0.25, 0.3) is 0 Å². The lowest BCUT2D eigenvalue weighted by Gasteiger charge is -2.31. The molecule has 0 aromatic heterocycles. The van der Waals surface area contributed by atoms with Gasteiger partial charge in [0.2, 0.25) is 0 Å². The summed E-state index contributed by atoms with van der Waals surface area (Å²) in [6.07, 6.45) is 61.1. The van der Waals surface area contributed by atoms with Crippen LogP contribution < -0.4 is 0 Å². The Morgan fingerprint density at radius 2 is 0.903 bits per heavy atom. The predicted octanol–water partition coefficient (Wildman–Crippen LogP) is 13.4. The minimum absolute atomic E-state index is 0.0154. The summed E-state index contributed by atoms with van der Waals surface area (Å²) in [5, 5.41) is 9.63. The van der Waals surface area contributed by atoms with Gasteiger partial charge in [-0.15, -0.1) is 0 Å². The van der Waals surface area contributed by atoms with Crippen LogP contribution in [0.2, 0.25) is 0 Å². The summed E-state index contributed by atoms with van der Waals surface area (Å²) in [7, 11) is 5.48. The number of nitrogens with zero attached hydrogens (tertiary/aromatic N) is 1. The van der Waals surface area contributed by atoms with E-state index in [4.69, 9.17) is 14.2 Å². The van der Waals surface area contributed by atoms with Gasteiger partial charge in [0.05, 0.1) is 34.4 Å². The van der Waals surface area contributed by atoms with E-state index in [-0.39, 0.29) is 49.1 Å². The van der Waals surface area contributed by atoms with E-state index in [9.17, 15) is 19.5 Å². The summed E-state index contributed by atoms with van der Waals surface area (Å²) >= 11 is 0. The monoisotopic (exact) mass is 861 g/mol. The summed E-state index contributed by atoms with van der Waals surface area (Å²) < 4.78 is 17.2. The highest BCUT2D eigenvalue weighted by Crippen LogP contribution is 2.11. The average Bonchev–Trinajstić information content (AvgIpc) is 3.23. The Bertz CT molecular complexity index is 1420. The Morgan fingerprint density at radius 1 is 0.500 bits per heavy atom. The van der Waals surface area contributed by atoms with Gasteiger partial charge in [-0.1, -0.05) is 148 Å². The minimum atomic E-state index is -0.896. The van der Waals surface area contributed by atoms with E-state index in [0.29, 0.717) is 19.3 Å². The zero-order valence-corrected chi connectivity index (χ0v) is 39.5. The van der Waals surface area contributed by atoms with Crippen molar-refractivity contribution in [2.24, 2.45) is 0 Å². The third-order valence-corrected chi connectivity index (χ3v) is 9.60. The molecular weight excluding hydrogens is 775 g/mol. The first-order valence-corrected chi connectivity index (χ1v) is 23.6. The number of hydrogen-bond acceptors (Lipinski definition) is 6. The third kappa shape index (κ3) is 41.1. The molecule has 0 heterocycles. The van der Waals surface area contributed by atoms with Gasteiger partial charge >= 0.3 is 17.9 Å². The summed E-state index contributed by atoms with van der Waals surface area (Å²) in [5.74, 6) is -1.62. The maximum atomic E-state index is 12.7. The second-order valence-electron chi connectivity index (χ2n) is 16.3. The lowest BCUT2D eigenvalue weighted by Crippen LogP contribution is -2.50. The molecule has 0 saturated carbocycles. The topological polar surface area (TPSA) is 99.1 Å². The van der Waals surface area contributed by atoms with Crippen LogP contribution >= 0.6 is 0 Å². The van der Waals surface area contributed by atoms with Crippen LogP contribution in [-0.4, -0.2) is 80.6 Å². The van der Waals surface area contributed by atoms with Crippen molar-refractivity contribution in [3.63, 3.8) is 0 Å². The first kappa shape index (κ1) is 57.7. The number of carbonyl (C=O) groups excluding carboxylic acids is 2. The molecule has 8 nitrogen and oxygen atoms in total. The Kier molecular flexibility index (Phi) is 40.4. The number of hydrogen-bond donors (Lipinski definition) is 1. The Balaban J connectivity index is 4.51. The van der Waals surface area contributed by atoms with Crippen LogP contribution in [0.3, 0.4) is 0 Å². The molecule has 0 aromatic rings. The summed E-state index contributed by atoms with van der Waals surface area (Å²) in [4.78, 5) is 37.0. The molecule has 62 heavy (non-hydrogen) atoms. The van der Waals surface area contributed by atoms with Crippen molar-refractivity contribution in [3.05, 3.63) is 122 Å². The van der Waals surface area contributed by atoms with Crippen molar-refractivity contribution in [1.29, 1.82) is 0 Å². The van der Waals surface area contributed by atoms with E-state index < -0.39 is 18.1 Å². The summed E-state index contributed by atoms with van der Waals surface area (Å²) in [6.45, 7) is 4.46. The van der Waals surface area contributed by atoms with Crippen LogP contribution in [0.15, 0.2) is 122 Å². The molecule has 0 amide bonds. The van der Waals surface area contributed by atoms with Crippen LogP contribution in [0.1, 0.15) is 149 Å². The van der Waals surface area contributed by atoms with Crippen LogP contribution in [0, 0.1) is 0 Å². The van der Waals surface area contributed by atoms with Crippen LogP contribution in [0.25, 0.3) is 0 Å². The molecule has 2 unspecified atom stereocenters. The molecule has 0 aliphatic heterocycles. The molecule has 0 radical (unpaired) electrons. The van der Waals surface area contributed by atoms with Crippen molar-refractivity contribution < 1.29 is 38.2 Å². The first-order valence-electron chi connectivity index (χ1n) is 23.6. The normalized spacial score (nSPS) is 14.0. The van der Waals surface area contributed by atoms with Crippen molar-refractivity contribution in [2.45, 2.75) is 161 Å². The van der Waals surface area contributed by atoms with Gasteiger partial charge in [-0.25, -0.2) is 4.79 Å². The molecule has 0 aromatic carbocycles. The van der Waals surface area contributed by atoms with E-state index in [1.54, 1.807) is 0 Å². The number of carboxylic acid groups (broad SMARTS) is 1. The van der Waals surface area contributed by atoms with Gasteiger partial charge < -0.3 is 23.8 Å². The molecule has 2 atom stereocenters. The molecule has 1 N–H and O–H groups in total. The van der Waals surface area contributed by atoms with Gasteiger partial charge in [0.1, 0.15) is 6.61 Å². The van der Waals surface area contributed by atoms with Gasteiger partial charge in [0, 0.05) is 19.3 Å². The van der Waals surface area contributed by atoms with Gasteiger partial charge in [0.15, 0.2) is 12.1 Å². The lowest BCUT2D eigenvalue weighted by atomic mass is 10.1. The largest absolute Gasteiger partial charge is 0.477 e. The molecule has 8 heteroatoms. The SMILES string of the molecule is CC/C=C/C/C=C/C/C=C/C/C=C/C/C=C/CCCC(=O)OC(COCCC(C(=O)O)[N+](C)(C)C)COC(=O)CCCC/C=C/C/C=C/C/C=C/C/C=C/C/C=C/CCCCC. The molecule has 348 valence electrons. The number of ether oxygens (including phenoxy) is 3. The average molecular weight is 861 g/mol. The number of allylic oxidation sites excluding steroid dienone is 20. The van der Waals surface area contributed by atoms with E-state index in [0.717, 1.165) is 77.0 Å². The fourth-order valence-corrected chi connectivity index (χ4v) is 5.97. The fourth-order valence-electron chi connectivity index (χ4n) is 5.97. The molecule has 0 bridgehead atoms. The maximum absolute atomic E-state index is 12.7. The van der Waals surface area contributed by atoms with E-state index in [1.165, 1.54) is 25.7 Å². The molecule has 0 fully saturated rings. The maximum Gasteiger partial charge on any atom is 0.362 e. The smallest absolute Gasteiger partial charge is 0.362 e. The molecule has 0 aliphatic carbocycles. The Hall–Kier alpha value is -4.27. The fraction of sp³-hybridized carbons (Fsp3) is 0.574. The zero-order chi connectivity index (χ0) is 45.6. The Morgan fingerprint density at radius 3 is 1.32 bits per heavy atom. The Labute approximate surface area is 378 Å². The van der Waals surface area contributed by atoms with E-state index in [1.807, 2.05) is 21.1 Å². The highest BCUT2D eigenvalue weighted by Gasteiger charge is 2.31. The summed E-state index contributed by atoms with van der Waals surface area (Å²) in [6, 6.07) is -0.640. The molecule has 0 spiro atoms. The highest BCUT2D eigenvalue weighted by molar-refractivity contribution is 5.72. The van der Waals surface area contributed by atoms with Crippen molar-refractivity contribution in [1.82, 2.24) is 0 Å². The van der Waals surface area contributed by atoms with Crippen molar-refractivity contribution in [3.8, 4) is 0 Å². The van der Waals surface area contributed by atoms with Gasteiger partial charge in [-0.3, -0.25) is 9.59 Å². The van der Waals surface area contributed by atoms with E-state index in [2.05, 4.69) is 135 Å². The van der Waals surface area contributed by atoms with Crippen LogP contribution in [-0.2, 0) is 28.6 Å². The van der Waals surface area contributed by atoms with Crippen molar-refractivity contribution >= 4 is 17.9 Å². The third-order valence-electron chi connectivity index (χ3n) is 9.60. The van der Waals surface area contributed by atoms with Gasteiger partial charge in [-0.05, 0) is 103 Å². The van der Waals surface area contributed by atoms with Crippen molar-refractivity contribution in [2.75, 3.05) is 41.0 Å². The first-order chi connectivity index (χ1) is 30.1. The van der Waals surface area contributed by atoms with Crippen LogP contribution in [0.4, 0.5) is 0 Å². The number of quaternary nitrogens is 1. The quantitative estimate of drug-likeness (QED) is 0.0283. The number of likely N-dealkylation sites (N-methyl/N-ethyl adjacent to an activating group) is 1. The molecular formula is C54H86NO7+. The number of carbonyl (C=O) groups is 3. The second kappa shape index (κ2) is 43.4. The zero-order valence-electron chi connectivity index (χ0n) is 39.5. The number of unbranched alkanes of at least 4 members (excludes halogenated alkanes) is 6. The number of aliphatic carboxylic acids is 1. The standard InChI is InChI=1S/C54H85NO7/c1-6-8-10-12-14-16-18-20-22-24-25-26-27-29-30-32-34-36-38-40-42-44-52(56)61-49-50(48-60-47-46-51(54(58)59)55(3,4)5)62-53(57)45-43-41-39-37-35-33-31-28-23-21-19-17-15-13-11-9-7-2/h9,11,14-17,20-23,25-26,29-31,33-34,36-37,39,50-51H,6-8,10,12-13,18-19,24,27-28,32,35,38,40-49H2,1-5H3/p+1/b11-9+,16-14+,17-15+,22-20+,23-21+,26-25+,30-29+,33-31+,36-34+,39-37+. The number of rotatable bonds is 40. The number of esters is 2. The van der Waals surface area contributed by atoms with Gasteiger partial charge in [-0.2, -0.15) is 0 Å². The molecule has 0 aliphatic rings. The minimum Gasteiger partial charge on any atom is -0.477 e. The summed E-state index contributed by atoms with van der Waals surface area (Å²) in [5.41, 5.74) is 0. The lowest BCUT2D eigenvalue weighted by molar-refractivity contribution is -0.887. The van der Waals surface area contributed by atoms with Crippen LogP contribution in [0.5, 0.6) is 0 Å². The number of carboxylic acids is 1. The molecule has 0 rings (SSSR count). The highest BCUT2D eigenvalue weighted by atomic mass is 16.6.